The number of benzene rings is 1. The lowest BCUT2D eigenvalue weighted by atomic mass is 9.87. The van der Waals surface area contributed by atoms with E-state index in [4.69, 9.17) is 0 Å². The second-order valence-corrected chi connectivity index (χ2v) is 7.09. The second kappa shape index (κ2) is 8.31. The van der Waals surface area contributed by atoms with Crippen molar-refractivity contribution in [1.29, 1.82) is 0 Å². The van der Waals surface area contributed by atoms with Gasteiger partial charge in [-0.15, -0.1) is 0 Å². The van der Waals surface area contributed by atoms with Gasteiger partial charge in [-0.1, -0.05) is 49.4 Å². The highest BCUT2D eigenvalue weighted by molar-refractivity contribution is 6.07. The SMILES string of the molecule is C/C=C\C(=C/CC)c1cccc(C2(Cn3cccc(C)c3=O)NC(=O)NC2=O)c1. The molecule has 0 saturated carbocycles. The van der Waals surface area contributed by atoms with Crippen LogP contribution in [0.4, 0.5) is 4.79 Å². The van der Waals surface area contributed by atoms with E-state index in [0.717, 1.165) is 17.6 Å². The summed E-state index contributed by atoms with van der Waals surface area (Å²) in [6, 6.07) is 10.4. The number of urea groups is 1. The number of pyridine rings is 1. The maximum absolute atomic E-state index is 12.9. The maximum atomic E-state index is 12.9. The van der Waals surface area contributed by atoms with Crippen LogP contribution in [0.5, 0.6) is 0 Å². The lowest BCUT2D eigenvalue weighted by Crippen LogP contribution is -2.49. The molecule has 1 fully saturated rings. The molecule has 1 unspecified atom stereocenters. The first-order valence-electron chi connectivity index (χ1n) is 9.64. The molecule has 1 aromatic heterocycles. The maximum Gasteiger partial charge on any atom is 0.322 e. The first-order valence-corrected chi connectivity index (χ1v) is 9.64. The van der Waals surface area contributed by atoms with Crippen LogP contribution in [0, 0.1) is 6.92 Å². The topological polar surface area (TPSA) is 80.2 Å². The summed E-state index contributed by atoms with van der Waals surface area (Å²) < 4.78 is 1.46. The van der Waals surface area contributed by atoms with E-state index in [1.54, 1.807) is 31.3 Å². The fourth-order valence-electron chi connectivity index (χ4n) is 3.58. The van der Waals surface area contributed by atoms with E-state index in [1.165, 1.54) is 4.57 Å². The van der Waals surface area contributed by atoms with Crippen LogP contribution in [0.15, 0.2) is 65.6 Å². The van der Waals surface area contributed by atoms with Gasteiger partial charge in [0.1, 0.15) is 0 Å². The first-order chi connectivity index (χ1) is 13.9. The van der Waals surface area contributed by atoms with Gasteiger partial charge in [-0.3, -0.25) is 14.9 Å². The number of carbonyl (C=O) groups is 2. The molecule has 1 aromatic carbocycles. The highest BCUT2D eigenvalue weighted by Crippen LogP contribution is 2.29. The lowest BCUT2D eigenvalue weighted by molar-refractivity contribution is -0.124. The molecule has 2 aromatic rings. The highest BCUT2D eigenvalue weighted by Gasteiger charge is 2.48. The fraction of sp³-hybridized carbons (Fsp3) is 0.261. The van der Waals surface area contributed by atoms with E-state index in [1.807, 2.05) is 37.3 Å². The Labute approximate surface area is 169 Å². The van der Waals surface area contributed by atoms with Crippen LogP contribution in [0.2, 0.25) is 0 Å². The molecule has 0 bridgehead atoms. The highest BCUT2D eigenvalue weighted by atomic mass is 16.2. The zero-order chi connectivity index (χ0) is 21.0. The van der Waals surface area contributed by atoms with Crippen molar-refractivity contribution in [3.8, 4) is 0 Å². The number of carbonyl (C=O) groups excluding carboxylic acids is 2. The van der Waals surface area contributed by atoms with Gasteiger partial charge >= 0.3 is 6.03 Å². The Kier molecular flexibility index (Phi) is 5.82. The van der Waals surface area contributed by atoms with Crippen LogP contribution in [0.3, 0.4) is 0 Å². The molecule has 2 N–H and O–H groups in total. The Morgan fingerprint density at radius 3 is 2.62 bits per heavy atom. The Balaban J connectivity index is 2.14. The largest absolute Gasteiger partial charge is 0.322 e. The van der Waals surface area contributed by atoms with Crippen LogP contribution >= 0.6 is 0 Å². The average molecular weight is 391 g/mol. The van der Waals surface area contributed by atoms with Crippen molar-refractivity contribution in [3.63, 3.8) is 0 Å². The zero-order valence-electron chi connectivity index (χ0n) is 16.9. The van der Waals surface area contributed by atoms with E-state index in [9.17, 15) is 14.4 Å². The molecule has 150 valence electrons. The van der Waals surface area contributed by atoms with Gasteiger partial charge in [0.25, 0.3) is 11.5 Å². The zero-order valence-corrected chi connectivity index (χ0v) is 16.9. The summed E-state index contributed by atoms with van der Waals surface area (Å²) in [5.41, 5.74) is 1.60. The number of amides is 3. The number of nitrogens with zero attached hydrogens (tertiary/aromatic N) is 1. The molecule has 0 spiro atoms. The number of aryl methyl sites for hydroxylation is 1. The third-order valence-electron chi connectivity index (χ3n) is 5.02. The number of nitrogens with one attached hydrogen (secondary N) is 2. The van der Waals surface area contributed by atoms with Crippen molar-refractivity contribution in [2.24, 2.45) is 0 Å². The van der Waals surface area contributed by atoms with Crippen molar-refractivity contribution in [3.05, 3.63) is 87.9 Å². The summed E-state index contributed by atoms with van der Waals surface area (Å²) in [6.45, 7) is 5.73. The predicted molar refractivity (Wildman–Crippen MR) is 113 cm³/mol. The Morgan fingerprint density at radius 1 is 1.17 bits per heavy atom. The minimum Gasteiger partial charge on any atom is -0.318 e. The third kappa shape index (κ3) is 3.92. The Morgan fingerprint density at radius 2 is 1.97 bits per heavy atom. The molecule has 2 heterocycles. The standard InChI is InChI=1S/C23H25N3O3/c1-4-8-17(9-5-2)18-11-6-12-19(14-18)23(21(28)24-22(29)25-23)15-26-13-7-10-16(3)20(26)27/h4,6-14H,5,15H2,1-3H3,(H2,24,25,28,29)/b8-4-,17-9+. The van der Waals surface area contributed by atoms with Gasteiger partial charge < -0.3 is 9.88 Å². The number of allylic oxidation sites excluding steroid dienone is 4. The molecule has 6 heteroatoms. The molecule has 29 heavy (non-hydrogen) atoms. The van der Waals surface area contributed by atoms with E-state index >= 15 is 0 Å². The minimum absolute atomic E-state index is 0.00494. The van der Waals surface area contributed by atoms with Crippen LogP contribution < -0.4 is 16.2 Å². The molecule has 0 radical (unpaired) electrons. The minimum atomic E-state index is -1.36. The van der Waals surface area contributed by atoms with E-state index in [-0.39, 0.29) is 12.1 Å². The van der Waals surface area contributed by atoms with Gasteiger partial charge in [0.15, 0.2) is 5.54 Å². The summed E-state index contributed by atoms with van der Waals surface area (Å²) in [5, 5.41) is 5.09. The number of rotatable bonds is 6. The molecular formula is C23H25N3O3. The monoisotopic (exact) mass is 391 g/mol. The number of imide groups is 1. The van der Waals surface area contributed by atoms with E-state index in [2.05, 4.69) is 23.6 Å². The molecule has 1 aliphatic heterocycles. The third-order valence-corrected chi connectivity index (χ3v) is 5.02. The molecule has 3 amide bonds. The van der Waals surface area contributed by atoms with Gasteiger partial charge in [-0.05, 0) is 49.1 Å². The molecule has 6 nitrogen and oxygen atoms in total. The van der Waals surface area contributed by atoms with Crippen LogP contribution in [0.1, 0.15) is 37.0 Å². The summed E-state index contributed by atoms with van der Waals surface area (Å²) in [6.07, 6.45) is 8.56. The lowest BCUT2D eigenvalue weighted by Gasteiger charge is -2.28. The number of hydrogen-bond acceptors (Lipinski definition) is 3. The second-order valence-electron chi connectivity index (χ2n) is 7.09. The van der Waals surface area contributed by atoms with Crippen molar-refractivity contribution < 1.29 is 9.59 Å². The molecule has 1 aliphatic rings. The number of hydrogen-bond donors (Lipinski definition) is 2. The van der Waals surface area contributed by atoms with Gasteiger partial charge in [0.05, 0.1) is 6.54 Å². The summed E-state index contributed by atoms with van der Waals surface area (Å²) in [4.78, 5) is 37.5. The Hall–Kier alpha value is -3.41. The molecular weight excluding hydrogens is 366 g/mol. The van der Waals surface area contributed by atoms with Crippen LogP contribution in [0.25, 0.3) is 5.57 Å². The van der Waals surface area contributed by atoms with Gasteiger partial charge in [-0.2, -0.15) is 0 Å². The van der Waals surface area contributed by atoms with Crippen LogP contribution in [-0.2, 0) is 16.9 Å². The molecule has 0 aliphatic carbocycles. The summed E-state index contributed by atoms with van der Waals surface area (Å²) in [7, 11) is 0. The van der Waals surface area contributed by atoms with E-state index < -0.39 is 17.5 Å². The van der Waals surface area contributed by atoms with Gasteiger partial charge in [0.2, 0.25) is 0 Å². The van der Waals surface area contributed by atoms with Crippen molar-refractivity contribution in [2.75, 3.05) is 0 Å². The Bertz CT molecular complexity index is 1070. The molecule has 1 saturated heterocycles. The van der Waals surface area contributed by atoms with Gasteiger partial charge in [-0.25, -0.2) is 4.79 Å². The smallest absolute Gasteiger partial charge is 0.318 e. The predicted octanol–water partition coefficient (Wildman–Crippen LogP) is 3.26. The van der Waals surface area contributed by atoms with E-state index in [0.29, 0.717) is 11.1 Å². The molecule has 1 atom stereocenters. The van der Waals surface area contributed by atoms with Crippen LogP contribution in [-0.4, -0.2) is 16.5 Å². The normalized spacial score (nSPS) is 19.5. The van der Waals surface area contributed by atoms with Crippen molar-refractivity contribution in [1.82, 2.24) is 15.2 Å². The van der Waals surface area contributed by atoms with Crippen molar-refractivity contribution in [2.45, 2.75) is 39.3 Å². The fourth-order valence-corrected chi connectivity index (χ4v) is 3.58. The molecule has 3 rings (SSSR count). The summed E-state index contributed by atoms with van der Waals surface area (Å²) >= 11 is 0. The quantitative estimate of drug-likeness (QED) is 0.586. The van der Waals surface area contributed by atoms with Crippen molar-refractivity contribution >= 4 is 17.5 Å². The number of aromatic nitrogens is 1. The first kappa shape index (κ1) is 20.3. The summed E-state index contributed by atoms with van der Waals surface area (Å²) in [5.74, 6) is -0.472. The average Bonchev–Trinajstić information content (AvgIpc) is 2.99. The van der Waals surface area contributed by atoms with Gasteiger partial charge in [0, 0.05) is 11.8 Å².